The molecular formula is C24H20N2O4S. The normalized spacial score (nSPS) is 19.5. The number of hydrogen-bond acceptors (Lipinski definition) is 6. The van der Waals surface area contributed by atoms with E-state index in [2.05, 4.69) is 4.98 Å². The van der Waals surface area contributed by atoms with Crippen molar-refractivity contribution >= 4 is 28.8 Å². The van der Waals surface area contributed by atoms with E-state index in [4.69, 9.17) is 4.74 Å². The van der Waals surface area contributed by atoms with Gasteiger partial charge < -0.3 is 14.7 Å². The van der Waals surface area contributed by atoms with E-state index >= 15 is 0 Å². The van der Waals surface area contributed by atoms with Crippen molar-refractivity contribution in [2.24, 2.45) is 0 Å². The Bertz CT molecular complexity index is 1220. The van der Waals surface area contributed by atoms with Crippen LogP contribution in [0.4, 0.5) is 0 Å². The highest BCUT2D eigenvalue weighted by Gasteiger charge is 2.47. The van der Waals surface area contributed by atoms with Crippen LogP contribution in [0.1, 0.15) is 33.2 Å². The Hall–Kier alpha value is -3.45. The molecule has 6 nitrogen and oxygen atoms in total. The van der Waals surface area contributed by atoms with Gasteiger partial charge in [0, 0.05) is 35.8 Å². The zero-order valence-electron chi connectivity index (χ0n) is 16.9. The summed E-state index contributed by atoms with van der Waals surface area (Å²) in [4.78, 5) is 32.7. The maximum atomic E-state index is 13.1. The van der Waals surface area contributed by atoms with Crippen molar-refractivity contribution in [1.29, 1.82) is 0 Å². The molecule has 4 heterocycles. The summed E-state index contributed by atoms with van der Waals surface area (Å²) in [6, 6.07) is 10.3. The Morgan fingerprint density at radius 1 is 1.29 bits per heavy atom. The Labute approximate surface area is 183 Å². The van der Waals surface area contributed by atoms with Gasteiger partial charge in [-0.05, 0) is 59.3 Å². The summed E-state index contributed by atoms with van der Waals surface area (Å²) in [5, 5.41) is 13.1. The smallest absolute Gasteiger partial charge is 0.295 e. The number of thiophene rings is 1. The van der Waals surface area contributed by atoms with Crippen molar-refractivity contribution in [3.63, 3.8) is 0 Å². The van der Waals surface area contributed by atoms with Crippen LogP contribution in [0.25, 0.3) is 5.76 Å². The number of aliphatic hydroxyl groups is 1. The van der Waals surface area contributed by atoms with Gasteiger partial charge in [-0.2, -0.15) is 0 Å². The summed E-state index contributed by atoms with van der Waals surface area (Å²) in [5.41, 5.74) is 3.42. The standard InChI is InChI=1S/C24H20N2O4S/c1-14-7-10-31-23(14)20-19(21(27)17-4-5-18-16(11-17)6-9-30-18)22(28)24(29)26(20)13-15-3-2-8-25-12-15/h2-5,7-8,10-12,20,27H,6,9,13H2,1H3/b21-19-. The number of aromatic nitrogens is 1. The lowest BCUT2D eigenvalue weighted by atomic mass is 9.97. The van der Waals surface area contributed by atoms with Gasteiger partial charge in [-0.3, -0.25) is 14.6 Å². The number of ketones is 1. The Kier molecular flexibility index (Phi) is 4.82. The van der Waals surface area contributed by atoms with Gasteiger partial charge in [0.05, 0.1) is 12.2 Å². The number of fused-ring (bicyclic) bond motifs is 1. The second-order valence-corrected chi connectivity index (χ2v) is 8.62. The van der Waals surface area contributed by atoms with Crippen molar-refractivity contribution < 1.29 is 19.4 Å². The van der Waals surface area contributed by atoms with E-state index < -0.39 is 17.7 Å². The number of Topliss-reactive ketones (excluding diaryl/α,β-unsaturated/α-hetero) is 1. The van der Waals surface area contributed by atoms with Gasteiger partial charge in [0.1, 0.15) is 17.6 Å². The van der Waals surface area contributed by atoms with Crippen molar-refractivity contribution in [2.75, 3.05) is 6.61 Å². The molecule has 1 N–H and O–H groups in total. The molecule has 0 radical (unpaired) electrons. The van der Waals surface area contributed by atoms with Crippen LogP contribution in [0.2, 0.25) is 0 Å². The lowest BCUT2D eigenvalue weighted by Crippen LogP contribution is -2.29. The van der Waals surface area contributed by atoms with Crippen LogP contribution < -0.4 is 4.74 Å². The van der Waals surface area contributed by atoms with Gasteiger partial charge in [-0.15, -0.1) is 11.3 Å². The lowest BCUT2D eigenvalue weighted by molar-refractivity contribution is -0.140. The molecule has 1 amide bonds. The van der Waals surface area contributed by atoms with Crippen LogP contribution >= 0.6 is 11.3 Å². The topological polar surface area (TPSA) is 79.7 Å². The number of aliphatic hydroxyl groups excluding tert-OH is 1. The number of amides is 1. The van der Waals surface area contributed by atoms with Crippen LogP contribution in [0.5, 0.6) is 5.75 Å². The number of ether oxygens (including phenoxy) is 1. The second-order valence-electron chi connectivity index (χ2n) is 7.68. The molecule has 0 bridgehead atoms. The SMILES string of the molecule is Cc1ccsc1C1/C(=C(/O)c2ccc3c(c2)CCO3)C(=O)C(=O)N1Cc1cccnc1. The fraction of sp³-hybridized carbons (Fsp3) is 0.208. The molecule has 3 aromatic rings. The summed E-state index contributed by atoms with van der Waals surface area (Å²) >= 11 is 1.47. The average molecular weight is 433 g/mol. The van der Waals surface area contributed by atoms with E-state index in [1.165, 1.54) is 16.2 Å². The molecule has 1 unspecified atom stereocenters. The summed E-state index contributed by atoms with van der Waals surface area (Å²) in [5.74, 6) is -0.651. The molecule has 7 heteroatoms. The average Bonchev–Trinajstić information content (AvgIpc) is 3.48. The number of rotatable bonds is 4. The minimum absolute atomic E-state index is 0.123. The van der Waals surface area contributed by atoms with Crippen molar-refractivity contribution in [1.82, 2.24) is 9.88 Å². The second kappa shape index (κ2) is 7.67. The fourth-order valence-electron chi connectivity index (χ4n) is 4.16. The zero-order chi connectivity index (χ0) is 21.5. The molecule has 31 heavy (non-hydrogen) atoms. The van der Waals surface area contributed by atoms with Gasteiger partial charge in [-0.25, -0.2) is 0 Å². The third-order valence-corrected chi connectivity index (χ3v) is 6.80. The molecule has 1 atom stereocenters. The van der Waals surface area contributed by atoms with Gasteiger partial charge in [0.25, 0.3) is 11.7 Å². The number of pyridine rings is 1. The number of carbonyl (C=O) groups is 2. The van der Waals surface area contributed by atoms with E-state index in [1.807, 2.05) is 30.5 Å². The quantitative estimate of drug-likeness (QED) is 0.383. The molecule has 0 aliphatic carbocycles. The molecule has 2 aliphatic heterocycles. The molecule has 2 aliphatic rings. The maximum Gasteiger partial charge on any atom is 0.295 e. The number of benzene rings is 1. The molecular weight excluding hydrogens is 412 g/mol. The van der Waals surface area contributed by atoms with Crippen LogP contribution in [0.3, 0.4) is 0 Å². The van der Waals surface area contributed by atoms with Gasteiger partial charge in [0.15, 0.2) is 0 Å². The minimum Gasteiger partial charge on any atom is -0.507 e. The molecule has 156 valence electrons. The lowest BCUT2D eigenvalue weighted by Gasteiger charge is -2.25. The third kappa shape index (κ3) is 3.31. The monoisotopic (exact) mass is 432 g/mol. The predicted octanol–water partition coefficient (Wildman–Crippen LogP) is 4.01. The van der Waals surface area contributed by atoms with Crippen LogP contribution in [-0.4, -0.2) is 33.3 Å². The Morgan fingerprint density at radius 3 is 2.90 bits per heavy atom. The highest BCUT2D eigenvalue weighted by Crippen LogP contribution is 2.43. The zero-order valence-corrected chi connectivity index (χ0v) is 17.7. The van der Waals surface area contributed by atoms with E-state index in [9.17, 15) is 14.7 Å². The first-order valence-electron chi connectivity index (χ1n) is 10.0. The van der Waals surface area contributed by atoms with Crippen molar-refractivity contribution in [2.45, 2.75) is 25.9 Å². The molecule has 2 aromatic heterocycles. The molecule has 1 fully saturated rings. The fourth-order valence-corrected chi connectivity index (χ4v) is 5.20. The Balaban J connectivity index is 1.64. The van der Waals surface area contributed by atoms with Crippen LogP contribution in [0.15, 0.2) is 59.7 Å². The van der Waals surface area contributed by atoms with E-state index in [1.54, 1.807) is 30.6 Å². The molecule has 5 rings (SSSR count). The van der Waals surface area contributed by atoms with E-state index in [-0.39, 0.29) is 17.9 Å². The molecule has 0 saturated carbocycles. The first-order chi connectivity index (χ1) is 15.0. The minimum atomic E-state index is -0.670. The highest BCUT2D eigenvalue weighted by molar-refractivity contribution is 7.10. The number of likely N-dealkylation sites (tertiary alicyclic amines) is 1. The molecule has 1 aromatic carbocycles. The third-order valence-electron chi connectivity index (χ3n) is 5.73. The summed E-state index contributed by atoms with van der Waals surface area (Å²) in [7, 11) is 0. The van der Waals surface area contributed by atoms with Crippen molar-refractivity contribution in [3.05, 3.63) is 86.9 Å². The van der Waals surface area contributed by atoms with Gasteiger partial charge in [-0.1, -0.05) is 6.07 Å². The van der Waals surface area contributed by atoms with Gasteiger partial charge >= 0.3 is 0 Å². The van der Waals surface area contributed by atoms with Crippen LogP contribution in [-0.2, 0) is 22.6 Å². The number of hydrogen-bond donors (Lipinski definition) is 1. The maximum absolute atomic E-state index is 13.1. The molecule has 1 saturated heterocycles. The highest BCUT2D eigenvalue weighted by atomic mass is 32.1. The van der Waals surface area contributed by atoms with Crippen LogP contribution in [0, 0.1) is 6.92 Å². The number of carbonyl (C=O) groups excluding carboxylic acids is 2. The summed E-state index contributed by atoms with van der Waals surface area (Å²) in [6.07, 6.45) is 4.09. The molecule has 0 spiro atoms. The van der Waals surface area contributed by atoms with E-state index in [0.717, 1.165) is 33.7 Å². The largest absolute Gasteiger partial charge is 0.507 e. The summed E-state index contributed by atoms with van der Waals surface area (Å²) in [6.45, 7) is 2.78. The first kappa shape index (κ1) is 19.5. The van der Waals surface area contributed by atoms with Gasteiger partial charge in [0.2, 0.25) is 0 Å². The Morgan fingerprint density at radius 2 is 2.16 bits per heavy atom. The first-order valence-corrected chi connectivity index (χ1v) is 10.9. The number of nitrogens with zero attached hydrogens (tertiary/aromatic N) is 2. The predicted molar refractivity (Wildman–Crippen MR) is 117 cm³/mol. The van der Waals surface area contributed by atoms with E-state index in [0.29, 0.717) is 12.2 Å². The number of aryl methyl sites for hydroxylation is 1. The summed E-state index contributed by atoms with van der Waals surface area (Å²) < 4.78 is 5.54. The van der Waals surface area contributed by atoms with Crippen molar-refractivity contribution in [3.8, 4) is 5.75 Å².